The molecule has 0 bridgehead atoms. The van der Waals surface area contributed by atoms with Crippen molar-refractivity contribution in [1.29, 1.82) is 0 Å². The van der Waals surface area contributed by atoms with Gasteiger partial charge in [-0.15, -0.1) is 11.3 Å². The Balaban J connectivity index is 2.09. The number of anilines is 1. The molecule has 0 amide bonds. The highest BCUT2D eigenvalue weighted by molar-refractivity contribution is 7.22. The standard InChI is InChI=1S/C19H17Cl2N5OS/c1-10(2)5-15(24-9-22)26-18-17-14(3-4-23-18)25-19(28-17)16-12(20)6-11(8-27)7-13(16)21/h3-7,9,27H,1,8H2,2H3,(H2,22,24)(H,23,26)/b15-5+. The lowest BCUT2D eigenvalue weighted by Gasteiger charge is -2.06. The fourth-order valence-corrected chi connectivity index (χ4v) is 4.41. The van der Waals surface area contributed by atoms with E-state index < -0.39 is 0 Å². The fraction of sp³-hybridized carbons (Fsp3) is 0.105. The quantitative estimate of drug-likeness (QED) is 0.289. The molecule has 2 heterocycles. The number of thiazole rings is 1. The number of benzene rings is 1. The van der Waals surface area contributed by atoms with Gasteiger partial charge >= 0.3 is 0 Å². The highest BCUT2D eigenvalue weighted by Gasteiger charge is 2.17. The summed E-state index contributed by atoms with van der Waals surface area (Å²) in [7, 11) is 0. The first-order chi connectivity index (χ1) is 13.4. The normalized spacial score (nSPS) is 12.1. The number of allylic oxidation sites excluding steroid dienone is 2. The Kier molecular flexibility index (Phi) is 6.31. The van der Waals surface area contributed by atoms with Crippen molar-refractivity contribution in [2.45, 2.75) is 13.5 Å². The molecule has 0 radical (unpaired) electrons. The number of aromatic nitrogens is 2. The fourth-order valence-electron chi connectivity index (χ4n) is 2.51. The highest BCUT2D eigenvalue weighted by Crippen LogP contribution is 2.41. The molecular weight excluding hydrogens is 417 g/mol. The first kappa shape index (κ1) is 20.3. The lowest BCUT2D eigenvalue weighted by molar-refractivity contribution is 0.282. The Morgan fingerprint density at radius 1 is 1.39 bits per heavy atom. The molecular formula is C19H17Cl2N5OS. The van der Waals surface area contributed by atoms with Gasteiger partial charge in [0.1, 0.15) is 10.8 Å². The number of aliphatic hydroxyl groups excluding tert-OH is 1. The molecule has 144 valence electrons. The van der Waals surface area contributed by atoms with Gasteiger partial charge in [0, 0.05) is 11.8 Å². The summed E-state index contributed by atoms with van der Waals surface area (Å²) < 4.78 is 0.815. The van der Waals surface area contributed by atoms with Gasteiger partial charge in [-0.3, -0.25) is 0 Å². The van der Waals surface area contributed by atoms with Gasteiger partial charge in [0.2, 0.25) is 0 Å². The minimum atomic E-state index is -0.142. The molecule has 0 spiro atoms. The van der Waals surface area contributed by atoms with Crippen LogP contribution in [0.5, 0.6) is 0 Å². The molecule has 0 aliphatic rings. The number of aliphatic hydroxyl groups is 1. The second kappa shape index (κ2) is 8.70. The number of rotatable bonds is 6. The smallest absolute Gasteiger partial charge is 0.151 e. The molecule has 6 nitrogen and oxygen atoms in total. The summed E-state index contributed by atoms with van der Waals surface area (Å²) in [6.07, 6.45) is 4.60. The van der Waals surface area contributed by atoms with E-state index in [0.717, 1.165) is 15.8 Å². The van der Waals surface area contributed by atoms with Crippen molar-refractivity contribution >= 4 is 56.9 Å². The molecule has 0 aliphatic heterocycles. The molecule has 9 heteroatoms. The number of fused-ring (bicyclic) bond motifs is 1. The molecule has 1 aromatic carbocycles. The van der Waals surface area contributed by atoms with Crippen molar-refractivity contribution in [3.05, 3.63) is 64.1 Å². The van der Waals surface area contributed by atoms with Gasteiger partial charge < -0.3 is 16.2 Å². The van der Waals surface area contributed by atoms with Crippen LogP contribution in [0.15, 0.2) is 53.4 Å². The number of aliphatic imine (C=N–C) groups is 1. The van der Waals surface area contributed by atoms with Crippen LogP contribution in [0.3, 0.4) is 0 Å². The predicted octanol–water partition coefficient (Wildman–Crippen LogP) is 4.97. The number of hydrogen-bond donors (Lipinski definition) is 3. The van der Waals surface area contributed by atoms with Crippen LogP contribution >= 0.6 is 34.5 Å². The maximum atomic E-state index is 9.31. The number of halogens is 2. The van der Waals surface area contributed by atoms with Crippen LogP contribution in [0.4, 0.5) is 5.82 Å². The monoisotopic (exact) mass is 433 g/mol. The van der Waals surface area contributed by atoms with E-state index in [9.17, 15) is 5.11 Å². The Morgan fingerprint density at radius 2 is 2.11 bits per heavy atom. The van der Waals surface area contributed by atoms with Gasteiger partial charge in [0.25, 0.3) is 0 Å². The van der Waals surface area contributed by atoms with Crippen molar-refractivity contribution in [3.8, 4) is 10.6 Å². The minimum Gasteiger partial charge on any atom is -0.392 e. The summed E-state index contributed by atoms with van der Waals surface area (Å²) in [5, 5.41) is 14.0. The van der Waals surface area contributed by atoms with Crippen LogP contribution in [0.2, 0.25) is 10.0 Å². The molecule has 0 aliphatic carbocycles. The van der Waals surface area contributed by atoms with E-state index in [0.29, 0.717) is 37.8 Å². The lowest BCUT2D eigenvalue weighted by atomic mass is 10.1. The van der Waals surface area contributed by atoms with Crippen molar-refractivity contribution in [1.82, 2.24) is 9.97 Å². The zero-order valence-electron chi connectivity index (χ0n) is 14.9. The average Bonchev–Trinajstić information content (AvgIpc) is 3.05. The summed E-state index contributed by atoms with van der Waals surface area (Å²) in [4.78, 5) is 13.1. The van der Waals surface area contributed by atoms with Crippen LogP contribution in [0.25, 0.3) is 20.8 Å². The summed E-state index contributed by atoms with van der Waals surface area (Å²) in [6.45, 7) is 5.56. The second-order valence-electron chi connectivity index (χ2n) is 5.90. The van der Waals surface area contributed by atoms with E-state index in [1.165, 1.54) is 17.7 Å². The van der Waals surface area contributed by atoms with E-state index in [4.69, 9.17) is 28.9 Å². The SMILES string of the molecule is C=C(C)/C=C(\N=CN)Nc1nccc2nc(-c3c(Cl)cc(CO)cc3Cl)sc12. The Labute approximate surface area is 176 Å². The molecule has 2 aromatic heterocycles. The summed E-state index contributed by atoms with van der Waals surface area (Å²) in [5.74, 6) is 1.09. The first-order valence-corrected chi connectivity index (χ1v) is 9.73. The molecule has 3 rings (SSSR count). The van der Waals surface area contributed by atoms with Crippen LogP contribution in [-0.2, 0) is 6.61 Å². The van der Waals surface area contributed by atoms with Crippen molar-refractivity contribution in [2.75, 3.05) is 5.32 Å². The summed E-state index contributed by atoms with van der Waals surface area (Å²) in [6, 6.07) is 5.16. The van der Waals surface area contributed by atoms with Crippen LogP contribution < -0.4 is 11.1 Å². The van der Waals surface area contributed by atoms with Gasteiger partial charge in [0.05, 0.1) is 33.2 Å². The maximum absolute atomic E-state index is 9.31. The van der Waals surface area contributed by atoms with Crippen LogP contribution in [0, 0.1) is 0 Å². The van der Waals surface area contributed by atoms with E-state index in [2.05, 4.69) is 26.9 Å². The minimum absolute atomic E-state index is 0.142. The largest absolute Gasteiger partial charge is 0.392 e. The van der Waals surface area contributed by atoms with Crippen LogP contribution in [-0.4, -0.2) is 21.4 Å². The first-order valence-electron chi connectivity index (χ1n) is 8.16. The summed E-state index contributed by atoms with van der Waals surface area (Å²) >= 11 is 14.2. The van der Waals surface area contributed by atoms with E-state index in [-0.39, 0.29) is 6.61 Å². The molecule has 0 atom stereocenters. The van der Waals surface area contributed by atoms with Gasteiger partial charge in [-0.25, -0.2) is 15.0 Å². The number of nitrogens with two attached hydrogens (primary N) is 1. The van der Waals surface area contributed by atoms with Gasteiger partial charge in [0.15, 0.2) is 5.82 Å². The Bertz CT molecular complexity index is 1080. The highest BCUT2D eigenvalue weighted by atomic mass is 35.5. The van der Waals surface area contributed by atoms with Gasteiger partial charge in [-0.2, -0.15) is 0 Å². The molecule has 28 heavy (non-hydrogen) atoms. The number of nitrogens with zero attached hydrogens (tertiary/aromatic N) is 3. The Morgan fingerprint density at radius 3 is 2.71 bits per heavy atom. The third-order valence-electron chi connectivity index (χ3n) is 3.65. The number of pyridine rings is 1. The van der Waals surface area contributed by atoms with E-state index >= 15 is 0 Å². The molecule has 0 saturated heterocycles. The van der Waals surface area contributed by atoms with Gasteiger partial charge in [-0.1, -0.05) is 35.4 Å². The second-order valence-corrected chi connectivity index (χ2v) is 7.71. The zero-order valence-corrected chi connectivity index (χ0v) is 17.2. The topological polar surface area (TPSA) is 96.4 Å². The lowest BCUT2D eigenvalue weighted by Crippen LogP contribution is -2.02. The maximum Gasteiger partial charge on any atom is 0.151 e. The Hall–Kier alpha value is -2.45. The zero-order chi connectivity index (χ0) is 20.3. The summed E-state index contributed by atoms with van der Waals surface area (Å²) in [5.41, 5.74) is 8.23. The molecule has 3 aromatic rings. The van der Waals surface area contributed by atoms with Gasteiger partial charge in [-0.05, 0) is 36.8 Å². The number of nitrogens with one attached hydrogen (secondary N) is 1. The molecule has 0 unspecified atom stereocenters. The number of hydrogen-bond acceptors (Lipinski definition) is 6. The van der Waals surface area contributed by atoms with E-state index in [1.807, 2.05) is 6.92 Å². The third-order valence-corrected chi connectivity index (χ3v) is 5.34. The van der Waals surface area contributed by atoms with Crippen molar-refractivity contribution < 1.29 is 5.11 Å². The van der Waals surface area contributed by atoms with Crippen LogP contribution in [0.1, 0.15) is 12.5 Å². The van der Waals surface area contributed by atoms with Crippen molar-refractivity contribution in [2.24, 2.45) is 10.7 Å². The van der Waals surface area contributed by atoms with E-state index in [1.54, 1.807) is 30.5 Å². The molecule has 0 fully saturated rings. The molecule has 0 saturated carbocycles. The predicted molar refractivity (Wildman–Crippen MR) is 118 cm³/mol. The molecule has 4 N–H and O–H groups in total. The third kappa shape index (κ3) is 4.34. The van der Waals surface area contributed by atoms with Crippen molar-refractivity contribution in [3.63, 3.8) is 0 Å². The average molecular weight is 434 g/mol.